The molecular formula is C28H41NO6. The third kappa shape index (κ3) is 4.79. The minimum Gasteiger partial charge on any atom is -0.480 e. The molecule has 2 N–H and O–H groups in total. The molecule has 0 heterocycles. The predicted molar refractivity (Wildman–Crippen MR) is 130 cm³/mol. The Morgan fingerprint density at radius 2 is 1.80 bits per heavy atom. The third-order valence-corrected chi connectivity index (χ3v) is 9.95. The number of carbonyl (C=O) groups is 4. The zero-order valence-corrected chi connectivity index (χ0v) is 21.6. The number of ketones is 1. The number of hydrogen-bond donors (Lipinski definition) is 2. The molecule has 3 fully saturated rings. The zero-order chi connectivity index (χ0) is 25.5. The lowest BCUT2D eigenvalue weighted by Crippen LogP contribution is -2.51. The fourth-order valence-electron chi connectivity index (χ4n) is 7.90. The highest BCUT2D eigenvalue weighted by Crippen LogP contribution is 2.65. The largest absolute Gasteiger partial charge is 0.480 e. The number of fused-ring (bicyclic) bond motifs is 5. The number of hydrogen-bond acceptors (Lipinski definition) is 5. The molecule has 7 atom stereocenters. The fourth-order valence-corrected chi connectivity index (χ4v) is 7.90. The number of esters is 1. The Kier molecular flexibility index (Phi) is 7.18. The Balaban J connectivity index is 1.35. The number of carboxylic acids is 1. The first kappa shape index (κ1) is 25.9. The Hall–Kier alpha value is -2.18. The average Bonchev–Trinajstić information content (AvgIpc) is 3.12. The highest BCUT2D eigenvalue weighted by atomic mass is 16.5. The summed E-state index contributed by atoms with van der Waals surface area (Å²) in [7, 11) is 0. The van der Waals surface area contributed by atoms with Crippen LogP contribution < -0.4 is 5.32 Å². The van der Waals surface area contributed by atoms with Crippen LogP contribution in [0.3, 0.4) is 0 Å². The topological polar surface area (TPSA) is 110 Å². The molecule has 4 aliphatic carbocycles. The molecule has 0 bridgehead atoms. The summed E-state index contributed by atoms with van der Waals surface area (Å²) < 4.78 is 5.97. The van der Waals surface area contributed by atoms with Crippen molar-refractivity contribution in [2.45, 2.75) is 104 Å². The van der Waals surface area contributed by atoms with Crippen molar-refractivity contribution in [1.82, 2.24) is 5.32 Å². The maximum absolute atomic E-state index is 12.7. The first-order chi connectivity index (χ1) is 16.5. The molecule has 7 nitrogen and oxygen atoms in total. The second-order valence-corrected chi connectivity index (χ2v) is 12.2. The van der Waals surface area contributed by atoms with Crippen LogP contribution in [-0.2, 0) is 23.9 Å². The summed E-state index contributed by atoms with van der Waals surface area (Å²) >= 11 is 0. The van der Waals surface area contributed by atoms with Gasteiger partial charge in [-0.3, -0.25) is 14.4 Å². The van der Waals surface area contributed by atoms with E-state index in [9.17, 15) is 24.3 Å². The quantitative estimate of drug-likeness (QED) is 0.514. The Morgan fingerprint density at radius 1 is 1.06 bits per heavy atom. The summed E-state index contributed by atoms with van der Waals surface area (Å²) in [5.74, 6) is -0.146. The number of ether oxygens (including phenoxy) is 1. The van der Waals surface area contributed by atoms with E-state index < -0.39 is 17.9 Å². The molecule has 7 heteroatoms. The molecule has 0 saturated heterocycles. The molecule has 0 aliphatic heterocycles. The van der Waals surface area contributed by atoms with E-state index in [1.165, 1.54) is 5.57 Å². The number of rotatable bonds is 7. The zero-order valence-electron chi connectivity index (χ0n) is 21.6. The minimum absolute atomic E-state index is 0.0418. The lowest BCUT2D eigenvalue weighted by Gasteiger charge is -2.57. The second-order valence-electron chi connectivity index (χ2n) is 12.2. The van der Waals surface area contributed by atoms with Crippen LogP contribution in [0.1, 0.15) is 91.9 Å². The maximum Gasteiger partial charge on any atom is 0.326 e. The van der Waals surface area contributed by atoms with Gasteiger partial charge >= 0.3 is 11.9 Å². The molecular weight excluding hydrogens is 446 g/mol. The molecule has 0 aromatic carbocycles. The van der Waals surface area contributed by atoms with Gasteiger partial charge in [0, 0.05) is 18.3 Å². The molecule has 194 valence electrons. The fraction of sp³-hybridized carbons (Fsp3) is 0.786. The van der Waals surface area contributed by atoms with Crippen LogP contribution in [0.25, 0.3) is 0 Å². The van der Waals surface area contributed by atoms with Crippen molar-refractivity contribution >= 4 is 23.6 Å². The van der Waals surface area contributed by atoms with Gasteiger partial charge in [0.1, 0.15) is 12.1 Å². The van der Waals surface area contributed by atoms with E-state index in [-0.39, 0.29) is 47.4 Å². The van der Waals surface area contributed by atoms with Crippen LogP contribution in [0, 0.1) is 34.5 Å². The summed E-state index contributed by atoms with van der Waals surface area (Å²) in [6.45, 7) is 8.12. The molecule has 4 aliphatic rings. The van der Waals surface area contributed by atoms with E-state index in [0.717, 1.165) is 44.9 Å². The van der Waals surface area contributed by atoms with Crippen LogP contribution in [0.4, 0.5) is 0 Å². The van der Waals surface area contributed by atoms with Gasteiger partial charge in [-0.15, -0.1) is 0 Å². The molecule has 0 spiro atoms. The molecule has 0 aromatic heterocycles. The van der Waals surface area contributed by atoms with Crippen molar-refractivity contribution in [3.05, 3.63) is 11.6 Å². The Bertz CT molecular complexity index is 924. The summed E-state index contributed by atoms with van der Waals surface area (Å²) in [5.41, 5.74) is 1.44. The van der Waals surface area contributed by atoms with Gasteiger partial charge in [-0.25, -0.2) is 4.79 Å². The lowest BCUT2D eigenvalue weighted by molar-refractivity contribution is -0.160. The highest BCUT2D eigenvalue weighted by molar-refractivity contribution is 5.91. The van der Waals surface area contributed by atoms with Crippen LogP contribution in [0.15, 0.2) is 11.6 Å². The van der Waals surface area contributed by atoms with E-state index in [1.54, 1.807) is 13.8 Å². The molecule has 0 radical (unpaired) electrons. The summed E-state index contributed by atoms with van der Waals surface area (Å²) in [6, 6.07) is -0.960. The van der Waals surface area contributed by atoms with E-state index in [1.807, 2.05) is 6.08 Å². The van der Waals surface area contributed by atoms with Gasteiger partial charge in [0.25, 0.3) is 0 Å². The van der Waals surface area contributed by atoms with E-state index in [0.29, 0.717) is 24.2 Å². The Morgan fingerprint density at radius 3 is 2.49 bits per heavy atom. The van der Waals surface area contributed by atoms with Gasteiger partial charge in [0.2, 0.25) is 5.91 Å². The number of carboxylic acid groups (broad SMARTS) is 1. The molecule has 7 unspecified atom stereocenters. The smallest absolute Gasteiger partial charge is 0.326 e. The van der Waals surface area contributed by atoms with Crippen LogP contribution >= 0.6 is 0 Å². The van der Waals surface area contributed by atoms with Gasteiger partial charge in [-0.2, -0.15) is 0 Å². The summed E-state index contributed by atoms with van der Waals surface area (Å²) in [6.07, 6.45) is 9.44. The number of amides is 1. The van der Waals surface area contributed by atoms with Crippen LogP contribution in [-0.4, -0.2) is 40.9 Å². The number of nitrogens with one attached hydrogen (secondary N) is 1. The number of allylic oxidation sites excluding steroid dienone is 1. The monoisotopic (exact) mass is 487 g/mol. The Labute approximate surface area is 208 Å². The molecule has 4 rings (SSSR count). The van der Waals surface area contributed by atoms with Crippen molar-refractivity contribution in [2.75, 3.05) is 0 Å². The predicted octanol–water partition coefficient (Wildman–Crippen LogP) is 4.44. The minimum atomic E-state index is -1.07. The molecule has 0 aromatic rings. The normalized spacial score (nSPS) is 36.9. The number of aliphatic carboxylic acids is 1. The molecule has 1 amide bonds. The van der Waals surface area contributed by atoms with Gasteiger partial charge < -0.3 is 15.2 Å². The van der Waals surface area contributed by atoms with Crippen LogP contribution in [0.5, 0.6) is 0 Å². The van der Waals surface area contributed by atoms with Crippen molar-refractivity contribution < 1.29 is 29.0 Å². The first-order valence-electron chi connectivity index (χ1n) is 13.4. The average molecular weight is 488 g/mol. The van der Waals surface area contributed by atoms with E-state index in [2.05, 4.69) is 19.2 Å². The van der Waals surface area contributed by atoms with Crippen molar-refractivity contribution in [2.24, 2.45) is 34.5 Å². The molecule has 3 saturated carbocycles. The summed E-state index contributed by atoms with van der Waals surface area (Å²) in [4.78, 5) is 48.2. The number of carbonyl (C=O) groups excluding carboxylic acids is 3. The van der Waals surface area contributed by atoms with Crippen molar-refractivity contribution in [3.63, 3.8) is 0 Å². The third-order valence-electron chi connectivity index (χ3n) is 9.95. The first-order valence-corrected chi connectivity index (χ1v) is 13.4. The van der Waals surface area contributed by atoms with Gasteiger partial charge in [0.05, 0.1) is 6.42 Å². The van der Waals surface area contributed by atoms with Crippen molar-refractivity contribution in [1.29, 1.82) is 0 Å². The second kappa shape index (κ2) is 9.70. The highest BCUT2D eigenvalue weighted by Gasteiger charge is 2.59. The molecule has 35 heavy (non-hydrogen) atoms. The standard InChI is InChI=1S/C28H41NO6/c1-16(2)25(26(33)34)29-23(31)9-10-24(32)35-22-8-7-20-19-6-5-17-15-18(30)11-13-27(17,3)21(19)12-14-28(20,22)4/h15-16,19-22,25H,5-14H2,1-4H3,(H,29,31)(H,33,34). The lowest BCUT2D eigenvalue weighted by atomic mass is 9.47. The van der Waals surface area contributed by atoms with Crippen molar-refractivity contribution in [3.8, 4) is 0 Å². The van der Waals surface area contributed by atoms with Gasteiger partial charge in [0.15, 0.2) is 5.78 Å². The van der Waals surface area contributed by atoms with E-state index in [4.69, 9.17) is 4.74 Å². The van der Waals surface area contributed by atoms with Crippen LogP contribution in [0.2, 0.25) is 0 Å². The summed E-state index contributed by atoms with van der Waals surface area (Å²) in [5, 5.41) is 11.8. The van der Waals surface area contributed by atoms with E-state index >= 15 is 0 Å². The maximum atomic E-state index is 12.7. The van der Waals surface area contributed by atoms with Gasteiger partial charge in [-0.05, 0) is 80.1 Å². The SMILES string of the molecule is CC(C)C(NC(=O)CCC(=O)OC1CCC2C3CCC4=CC(=O)CCC4(C)C3CCC12C)C(=O)O. The van der Waals surface area contributed by atoms with Gasteiger partial charge in [-0.1, -0.05) is 33.3 Å².